The minimum absolute atomic E-state index is 0.0114. The van der Waals surface area contributed by atoms with E-state index < -0.39 is 17.7 Å². The quantitative estimate of drug-likeness (QED) is 0.768. The number of nitrogens with one attached hydrogen (secondary N) is 1. The van der Waals surface area contributed by atoms with E-state index >= 15 is 0 Å². The monoisotopic (exact) mass is 268 g/mol. The average Bonchev–Trinajstić information content (AvgIpc) is 2.86. The van der Waals surface area contributed by atoms with Crippen LogP contribution in [-0.4, -0.2) is 40.9 Å². The second kappa shape index (κ2) is 4.85. The van der Waals surface area contributed by atoms with E-state index in [4.69, 9.17) is 9.57 Å². The summed E-state index contributed by atoms with van der Waals surface area (Å²) in [6.45, 7) is 6.93. The zero-order valence-electron chi connectivity index (χ0n) is 11.7. The molecule has 1 aliphatic heterocycles. The molecule has 0 aromatic carbocycles. The molecule has 6 heteroatoms. The predicted octanol–water partition coefficient (Wildman–Crippen LogP) is 1.37. The molecule has 6 nitrogen and oxygen atoms in total. The van der Waals surface area contributed by atoms with Crippen LogP contribution in [0.25, 0.3) is 0 Å². The lowest BCUT2D eigenvalue weighted by molar-refractivity contribution is -0.184. The number of hydrogen-bond donors (Lipinski definition) is 1. The molecule has 1 saturated heterocycles. The molecule has 0 saturated carbocycles. The highest BCUT2D eigenvalue weighted by Gasteiger charge is 2.40. The molecule has 1 N–H and O–H groups in total. The lowest BCUT2D eigenvalue weighted by atomic mass is 10.2. The number of rotatable bonds is 2. The highest BCUT2D eigenvalue weighted by atomic mass is 16.7. The molecule has 0 aromatic heterocycles. The molecule has 1 aliphatic carbocycles. The van der Waals surface area contributed by atoms with E-state index in [1.165, 1.54) is 5.06 Å². The number of alkyl carbamates (subject to hydrolysis) is 1. The van der Waals surface area contributed by atoms with Crippen molar-refractivity contribution in [1.29, 1.82) is 0 Å². The summed E-state index contributed by atoms with van der Waals surface area (Å²) in [6.07, 6.45) is 4.08. The first-order valence-electron chi connectivity index (χ1n) is 6.44. The molecule has 0 unspecified atom stereocenters. The number of hydroxylamine groups is 2. The first kappa shape index (κ1) is 13.9. The van der Waals surface area contributed by atoms with Crippen LogP contribution in [0.1, 0.15) is 34.1 Å². The van der Waals surface area contributed by atoms with Gasteiger partial charge in [0.1, 0.15) is 17.7 Å². The van der Waals surface area contributed by atoms with Crippen LogP contribution in [0.4, 0.5) is 4.79 Å². The Hall–Kier alpha value is -1.56. The molecule has 2 amide bonds. The van der Waals surface area contributed by atoms with E-state index in [0.29, 0.717) is 0 Å². The number of amides is 2. The smallest absolute Gasteiger partial charge is 0.408 e. The highest BCUT2D eigenvalue weighted by molar-refractivity contribution is 5.85. The third-order valence-corrected chi connectivity index (χ3v) is 2.89. The topological polar surface area (TPSA) is 67.9 Å². The summed E-state index contributed by atoms with van der Waals surface area (Å²) in [5, 5.41) is 3.86. The minimum Gasteiger partial charge on any atom is -0.444 e. The Labute approximate surface area is 112 Å². The lowest BCUT2D eigenvalue weighted by Crippen LogP contribution is -2.49. The molecule has 0 aromatic rings. The van der Waals surface area contributed by atoms with Gasteiger partial charge in [-0.1, -0.05) is 12.2 Å². The van der Waals surface area contributed by atoms with Crippen molar-refractivity contribution in [2.24, 2.45) is 0 Å². The Balaban J connectivity index is 1.86. The standard InChI is InChI=1S/C13H20N2O4/c1-8(14-12(17)18-13(2,3)4)11(16)15-9-5-6-10(7-9)19-15/h5-6,8-10H,7H2,1-4H3,(H,14,17)/t8-,9+,10-/m1/s1. The fraction of sp³-hybridized carbons (Fsp3) is 0.692. The van der Waals surface area contributed by atoms with Gasteiger partial charge < -0.3 is 10.1 Å². The maximum atomic E-state index is 12.1. The van der Waals surface area contributed by atoms with E-state index in [1.54, 1.807) is 27.7 Å². The van der Waals surface area contributed by atoms with Gasteiger partial charge in [0.05, 0.1) is 6.04 Å². The number of hydrogen-bond acceptors (Lipinski definition) is 4. The number of nitrogens with zero attached hydrogens (tertiary/aromatic N) is 1. The van der Waals surface area contributed by atoms with Gasteiger partial charge >= 0.3 is 6.09 Å². The SMILES string of the molecule is C[C@@H](NC(=O)OC(C)(C)C)C(=O)N1O[C@@H]2C=C[C@H]1C2. The summed E-state index contributed by atoms with van der Waals surface area (Å²) in [5.74, 6) is -0.261. The Morgan fingerprint density at radius 2 is 2.11 bits per heavy atom. The van der Waals surface area contributed by atoms with Gasteiger partial charge in [0.2, 0.25) is 0 Å². The summed E-state index contributed by atoms with van der Waals surface area (Å²) in [7, 11) is 0. The van der Waals surface area contributed by atoms with Gasteiger partial charge in [-0.05, 0) is 27.7 Å². The van der Waals surface area contributed by atoms with Gasteiger partial charge in [0.15, 0.2) is 0 Å². The number of fused-ring (bicyclic) bond motifs is 2. The first-order valence-corrected chi connectivity index (χ1v) is 6.44. The molecule has 2 aliphatic rings. The van der Waals surface area contributed by atoms with Crippen LogP contribution in [0, 0.1) is 0 Å². The van der Waals surface area contributed by atoms with Crippen molar-refractivity contribution in [3.05, 3.63) is 12.2 Å². The zero-order valence-corrected chi connectivity index (χ0v) is 11.7. The molecular weight excluding hydrogens is 248 g/mol. The number of carbonyl (C=O) groups excluding carboxylic acids is 2. The van der Waals surface area contributed by atoms with Crippen molar-refractivity contribution >= 4 is 12.0 Å². The van der Waals surface area contributed by atoms with Crippen LogP contribution >= 0.6 is 0 Å². The van der Waals surface area contributed by atoms with Crippen LogP contribution in [0.5, 0.6) is 0 Å². The minimum atomic E-state index is -0.678. The lowest BCUT2D eigenvalue weighted by Gasteiger charge is -2.27. The molecule has 0 radical (unpaired) electrons. The zero-order chi connectivity index (χ0) is 14.2. The molecule has 0 spiro atoms. The normalized spacial score (nSPS) is 26.4. The fourth-order valence-electron chi connectivity index (χ4n) is 2.08. The van der Waals surface area contributed by atoms with Gasteiger partial charge in [0.25, 0.3) is 5.91 Å². The summed E-state index contributed by atoms with van der Waals surface area (Å²) < 4.78 is 5.11. The van der Waals surface area contributed by atoms with Crippen molar-refractivity contribution in [3.8, 4) is 0 Å². The van der Waals surface area contributed by atoms with Crippen LogP contribution < -0.4 is 5.32 Å². The third-order valence-electron chi connectivity index (χ3n) is 2.89. The van der Waals surface area contributed by atoms with Crippen LogP contribution in [0.15, 0.2) is 12.2 Å². The summed E-state index contributed by atoms with van der Waals surface area (Å²) in [4.78, 5) is 29.2. The van der Waals surface area contributed by atoms with Gasteiger partial charge in [-0.15, -0.1) is 0 Å². The fourth-order valence-corrected chi connectivity index (χ4v) is 2.08. The molecule has 1 heterocycles. The van der Waals surface area contributed by atoms with Crippen LogP contribution in [-0.2, 0) is 14.4 Å². The summed E-state index contributed by atoms with van der Waals surface area (Å²) >= 11 is 0. The van der Waals surface area contributed by atoms with Crippen molar-refractivity contribution in [3.63, 3.8) is 0 Å². The Morgan fingerprint density at radius 3 is 2.58 bits per heavy atom. The van der Waals surface area contributed by atoms with Gasteiger partial charge in [-0.2, -0.15) is 0 Å². The molecule has 106 valence electrons. The van der Waals surface area contributed by atoms with Crippen LogP contribution in [0.3, 0.4) is 0 Å². The maximum absolute atomic E-state index is 12.1. The van der Waals surface area contributed by atoms with E-state index in [9.17, 15) is 9.59 Å². The molecule has 2 rings (SSSR count). The maximum Gasteiger partial charge on any atom is 0.408 e. The van der Waals surface area contributed by atoms with E-state index in [0.717, 1.165) is 6.42 Å². The Kier molecular flexibility index (Phi) is 3.54. The molecule has 2 bridgehead atoms. The third kappa shape index (κ3) is 3.26. The molecule has 1 fully saturated rings. The Morgan fingerprint density at radius 1 is 1.42 bits per heavy atom. The van der Waals surface area contributed by atoms with Gasteiger partial charge in [-0.25, -0.2) is 9.86 Å². The van der Waals surface area contributed by atoms with E-state index in [1.807, 2.05) is 12.2 Å². The summed E-state index contributed by atoms with van der Waals surface area (Å²) in [5.41, 5.74) is -0.585. The summed E-state index contributed by atoms with van der Waals surface area (Å²) in [6, 6.07) is -0.692. The highest BCUT2D eigenvalue weighted by Crippen LogP contribution is 2.29. The molecule has 3 atom stereocenters. The van der Waals surface area contributed by atoms with Gasteiger partial charge in [-0.3, -0.25) is 9.63 Å². The predicted molar refractivity (Wildman–Crippen MR) is 68.1 cm³/mol. The Bertz CT molecular complexity index is 413. The number of carbonyl (C=O) groups is 2. The van der Waals surface area contributed by atoms with Crippen molar-refractivity contribution in [2.45, 2.75) is 57.9 Å². The average molecular weight is 268 g/mol. The van der Waals surface area contributed by atoms with Crippen molar-refractivity contribution in [2.75, 3.05) is 0 Å². The van der Waals surface area contributed by atoms with Crippen molar-refractivity contribution < 1.29 is 19.2 Å². The van der Waals surface area contributed by atoms with Crippen molar-refractivity contribution in [1.82, 2.24) is 10.4 Å². The second-order valence-electron chi connectivity index (χ2n) is 5.86. The van der Waals surface area contributed by atoms with E-state index in [-0.39, 0.29) is 18.1 Å². The first-order chi connectivity index (χ1) is 8.76. The second-order valence-corrected chi connectivity index (χ2v) is 5.86. The van der Waals surface area contributed by atoms with Crippen LogP contribution in [0.2, 0.25) is 0 Å². The molecule has 19 heavy (non-hydrogen) atoms. The largest absolute Gasteiger partial charge is 0.444 e. The number of ether oxygens (including phenoxy) is 1. The van der Waals surface area contributed by atoms with E-state index in [2.05, 4.69) is 5.32 Å². The molecular formula is C13H20N2O4. The van der Waals surface area contributed by atoms with Gasteiger partial charge in [0, 0.05) is 6.42 Å².